The second-order valence-corrected chi connectivity index (χ2v) is 5.26. The van der Waals surface area contributed by atoms with E-state index in [1.54, 1.807) is 0 Å². The number of hydrogen-bond acceptors (Lipinski definition) is 2. The van der Waals surface area contributed by atoms with Crippen molar-refractivity contribution < 1.29 is 0 Å². The Kier molecular flexibility index (Phi) is 4.05. The van der Waals surface area contributed by atoms with E-state index in [4.69, 9.17) is 5.73 Å². The second kappa shape index (κ2) is 5.57. The smallest absolute Gasteiger partial charge is 0.0597 e. The van der Waals surface area contributed by atoms with Crippen molar-refractivity contribution in [2.45, 2.75) is 46.7 Å². The molecule has 2 aromatic rings. The molecule has 2 rings (SSSR count). The minimum Gasteiger partial charge on any atom is -0.322 e. The predicted octanol–water partition coefficient (Wildman–Crippen LogP) is 3.07. The minimum absolute atomic E-state index is 0.00301. The van der Waals surface area contributed by atoms with Gasteiger partial charge in [0.2, 0.25) is 0 Å². The van der Waals surface area contributed by atoms with Crippen LogP contribution in [-0.2, 0) is 13.0 Å². The highest BCUT2D eigenvalue weighted by Gasteiger charge is 2.13. The minimum atomic E-state index is 0.00301. The topological polar surface area (TPSA) is 43.8 Å². The quantitative estimate of drug-likeness (QED) is 0.914. The summed E-state index contributed by atoms with van der Waals surface area (Å²) in [5.74, 6) is 0. The van der Waals surface area contributed by atoms with E-state index in [9.17, 15) is 0 Å². The largest absolute Gasteiger partial charge is 0.322 e. The normalized spacial score (nSPS) is 12.7. The molecule has 19 heavy (non-hydrogen) atoms. The number of rotatable bonds is 4. The summed E-state index contributed by atoms with van der Waals surface area (Å²) in [6, 6.07) is 8.66. The Hall–Kier alpha value is -1.61. The zero-order chi connectivity index (χ0) is 14.0. The maximum Gasteiger partial charge on any atom is 0.0597 e. The lowest BCUT2D eigenvalue weighted by Crippen LogP contribution is -2.18. The number of benzene rings is 1. The summed E-state index contributed by atoms with van der Waals surface area (Å²) >= 11 is 0. The second-order valence-electron chi connectivity index (χ2n) is 5.26. The number of aryl methyl sites for hydroxylation is 4. The lowest BCUT2D eigenvalue weighted by molar-refractivity contribution is 0.566. The molecule has 0 bridgehead atoms. The molecule has 0 fully saturated rings. The van der Waals surface area contributed by atoms with Gasteiger partial charge in [-0.1, -0.05) is 18.2 Å². The molecule has 2 N–H and O–H groups in total. The van der Waals surface area contributed by atoms with Crippen molar-refractivity contribution in [2.24, 2.45) is 5.73 Å². The van der Waals surface area contributed by atoms with E-state index in [0.29, 0.717) is 0 Å². The molecule has 0 amide bonds. The van der Waals surface area contributed by atoms with Crippen molar-refractivity contribution in [1.29, 1.82) is 0 Å². The van der Waals surface area contributed by atoms with Crippen molar-refractivity contribution in [3.05, 3.63) is 52.3 Å². The first-order valence-corrected chi connectivity index (χ1v) is 6.87. The van der Waals surface area contributed by atoms with Gasteiger partial charge in [-0.05, 0) is 56.9 Å². The SMILES string of the molecule is CCn1nc(C)cc1C(N)Cc1ccc(C)c(C)c1. The average molecular weight is 257 g/mol. The first-order valence-electron chi connectivity index (χ1n) is 6.87. The molecule has 0 aliphatic heterocycles. The van der Waals surface area contributed by atoms with Gasteiger partial charge in [-0.3, -0.25) is 4.68 Å². The van der Waals surface area contributed by atoms with Crippen LogP contribution in [0.5, 0.6) is 0 Å². The molecule has 0 spiro atoms. The molecule has 3 nitrogen and oxygen atoms in total. The molecule has 0 saturated heterocycles. The maximum absolute atomic E-state index is 6.34. The van der Waals surface area contributed by atoms with Gasteiger partial charge in [0.25, 0.3) is 0 Å². The van der Waals surface area contributed by atoms with Crippen molar-refractivity contribution in [3.63, 3.8) is 0 Å². The van der Waals surface area contributed by atoms with Crippen LogP contribution < -0.4 is 5.73 Å². The Balaban J connectivity index is 2.20. The number of nitrogens with zero attached hydrogens (tertiary/aromatic N) is 2. The van der Waals surface area contributed by atoms with E-state index >= 15 is 0 Å². The Morgan fingerprint density at radius 3 is 2.53 bits per heavy atom. The monoisotopic (exact) mass is 257 g/mol. The molecule has 0 radical (unpaired) electrons. The van der Waals surface area contributed by atoms with E-state index in [1.807, 2.05) is 11.6 Å². The third-order valence-electron chi connectivity index (χ3n) is 3.64. The molecule has 0 aliphatic rings. The van der Waals surface area contributed by atoms with Crippen LogP contribution in [0, 0.1) is 20.8 Å². The van der Waals surface area contributed by atoms with Gasteiger partial charge in [0.1, 0.15) is 0 Å². The Bertz CT molecular complexity index is 569. The fraction of sp³-hybridized carbons (Fsp3) is 0.438. The van der Waals surface area contributed by atoms with Gasteiger partial charge in [-0.2, -0.15) is 5.10 Å². The third-order valence-corrected chi connectivity index (χ3v) is 3.64. The molecule has 1 heterocycles. The lowest BCUT2D eigenvalue weighted by atomic mass is 9.99. The molecule has 1 unspecified atom stereocenters. The van der Waals surface area contributed by atoms with Crippen molar-refractivity contribution >= 4 is 0 Å². The number of hydrogen-bond donors (Lipinski definition) is 1. The maximum atomic E-state index is 6.34. The van der Waals surface area contributed by atoms with Crippen LogP contribution in [0.1, 0.15) is 41.0 Å². The van der Waals surface area contributed by atoms with Gasteiger partial charge < -0.3 is 5.73 Å². The fourth-order valence-electron chi connectivity index (χ4n) is 2.41. The summed E-state index contributed by atoms with van der Waals surface area (Å²) in [7, 11) is 0. The average Bonchev–Trinajstić information content (AvgIpc) is 2.75. The van der Waals surface area contributed by atoms with E-state index in [2.05, 4.69) is 50.1 Å². The Morgan fingerprint density at radius 1 is 1.16 bits per heavy atom. The highest BCUT2D eigenvalue weighted by Crippen LogP contribution is 2.19. The highest BCUT2D eigenvalue weighted by molar-refractivity contribution is 5.31. The lowest BCUT2D eigenvalue weighted by Gasteiger charge is -2.14. The van der Waals surface area contributed by atoms with Gasteiger partial charge in [0.05, 0.1) is 17.4 Å². The molecule has 0 saturated carbocycles. The summed E-state index contributed by atoms with van der Waals surface area (Å²) in [6.45, 7) is 9.25. The van der Waals surface area contributed by atoms with Crippen LogP contribution in [0.3, 0.4) is 0 Å². The summed E-state index contributed by atoms with van der Waals surface area (Å²) < 4.78 is 2.00. The Labute approximate surface area is 115 Å². The molecule has 1 aromatic carbocycles. The van der Waals surface area contributed by atoms with E-state index in [0.717, 1.165) is 24.4 Å². The van der Waals surface area contributed by atoms with Gasteiger partial charge in [-0.25, -0.2) is 0 Å². The number of nitrogens with two attached hydrogens (primary N) is 1. The molecular weight excluding hydrogens is 234 g/mol. The predicted molar refractivity (Wildman–Crippen MR) is 79.2 cm³/mol. The first kappa shape index (κ1) is 13.8. The van der Waals surface area contributed by atoms with E-state index in [-0.39, 0.29) is 6.04 Å². The summed E-state index contributed by atoms with van der Waals surface area (Å²) in [5.41, 5.74) is 12.4. The molecule has 1 atom stereocenters. The van der Waals surface area contributed by atoms with Crippen LogP contribution in [0.25, 0.3) is 0 Å². The van der Waals surface area contributed by atoms with Gasteiger partial charge in [-0.15, -0.1) is 0 Å². The van der Waals surface area contributed by atoms with Crippen LogP contribution >= 0.6 is 0 Å². The van der Waals surface area contributed by atoms with E-state index in [1.165, 1.54) is 16.7 Å². The van der Waals surface area contributed by atoms with E-state index < -0.39 is 0 Å². The van der Waals surface area contributed by atoms with Gasteiger partial charge in [0.15, 0.2) is 0 Å². The van der Waals surface area contributed by atoms with Crippen LogP contribution in [-0.4, -0.2) is 9.78 Å². The Morgan fingerprint density at radius 2 is 1.89 bits per heavy atom. The molecule has 0 aliphatic carbocycles. The summed E-state index contributed by atoms with van der Waals surface area (Å²) in [4.78, 5) is 0. The van der Waals surface area contributed by atoms with Crippen molar-refractivity contribution in [3.8, 4) is 0 Å². The summed E-state index contributed by atoms with van der Waals surface area (Å²) in [6.07, 6.45) is 0.853. The molecule has 1 aromatic heterocycles. The molecular formula is C16H23N3. The van der Waals surface area contributed by atoms with Crippen molar-refractivity contribution in [2.75, 3.05) is 0 Å². The van der Waals surface area contributed by atoms with Crippen LogP contribution in [0.2, 0.25) is 0 Å². The van der Waals surface area contributed by atoms with Gasteiger partial charge in [0, 0.05) is 6.54 Å². The molecule has 102 valence electrons. The fourth-order valence-corrected chi connectivity index (χ4v) is 2.41. The number of aromatic nitrogens is 2. The standard InChI is InChI=1S/C16H23N3/c1-5-19-16(9-13(4)18-19)15(17)10-14-7-6-11(2)12(3)8-14/h6-9,15H,5,10,17H2,1-4H3. The summed E-state index contributed by atoms with van der Waals surface area (Å²) in [5, 5.41) is 4.46. The highest BCUT2D eigenvalue weighted by atomic mass is 15.3. The van der Waals surface area contributed by atoms with Crippen LogP contribution in [0.15, 0.2) is 24.3 Å². The van der Waals surface area contributed by atoms with Crippen LogP contribution in [0.4, 0.5) is 0 Å². The first-order chi connectivity index (χ1) is 9.01. The van der Waals surface area contributed by atoms with Crippen molar-refractivity contribution in [1.82, 2.24) is 9.78 Å². The molecule has 3 heteroatoms. The van der Waals surface area contributed by atoms with Gasteiger partial charge >= 0.3 is 0 Å². The third kappa shape index (κ3) is 3.04. The zero-order valence-corrected chi connectivity index (χ0v) is 12.3. The zero-order valence-electron chi connectivity index (χ0n) is 12.3.